The Kier molecular flexibility index (Phi) is 4.62. The van der Waals surface area contributed by atoms with Crippen LogP contribution in [0.4, 0.5) is 14.6 Å². The third kappa shape index (κ3) is 3.26. The molecule has 1 N–H and O–H groups in total. The van der Waals surface area contributed by atoms with Gasteiger partial charge in [0.1, 0.15) is 11.6 Å². The van der Waals surface area contributed by atoms with Crippen molar-refractivity contribution in [1.82, 2.24) is 9.78 Å². The fraction of sp³-hybridized carbons (Fsp3) is 0.190. The number of methoxy groups -OCH3 is 1. The van der Waals surface area contributed by atoms with Crippen molar-refractivity contribution in [3.05, 3.63) is 70.9 Å². The van der Waals surface area contributed by atoms with Crippen LogP contribution in [0.15, 0.2) is 42.5 Å². The molecule has 1 aliphatic heterocycles. The van der Waals surface area contributed by atoms with E-state index in [1.54, 1.807) is 6.92 Å². The molecule has 0 unspecified atom stereocenters. The Balaban J connectivity index is 1.80. The number of anilines is 1. The highest BCUT2D eigenvalue weighted by Gasteiger charge is 2.36. The third-order valence-electron chi connectivity index (χ3n) is 4.93. The molecule has 0 radical (unpaired) electrons. The van der Waals surface area contributed by atoms with E-state index in [4.69, 9.17) is 4.74 Å². The van der Waals surface area contributed by atoms with E-state index in [0.29, 0.717) is 22.8 Å². The predicted molar refractivity (Wildman–Crippen MR) is 102 cm³/mol. The lowest BCUT2D eigenvalue weighted by Gasteiger charge is -2.23. The number of amides is 1. The second-order valence-corrected chi connectivity index (χ2v) is 6.75. The molecule has 8 heteroatoms. The van der Waals surface area contributed by atoms with E-state index in [1.165, 1.54) is 48.2 Å². The Labute approximate surface area is 165 Å². The van der Waals surface area contributed by atoms with E-state index in [2.05, 4.69) is 10.4 Å². The van der Waals surface area contributed by atoms with Crippen LogP contribution in [0, 0.1) is 18.6 Å². The lowest BCUT2D eigenvalue weighted by molar-refractivity contribution is -0.116. The number of fused-ring (bicyclic) bond motifs is 1. The van der Waals surface area contributed by atoms with Crippen molar-refractivity contribution in [3.8, 4) is 11.4 Å². The summed E-state index contributed by atoms with van der Waals surface area (Å²) in [6.45, 7) is 1.74. The monoisotopic (exact) mass is 397 g/mol. The number of ether oxygens (including phenoxy) is 1. The molecule has 148 valence electrons. The summed E-state index contributed by atoms with van der Waals surface area (Å²) in [6, 6.07) is 9.49. The first-order valence-electron chi connectivity index (χ1n) is 8.92. The maximum absolute atomic E-state index is 13.7. The fourth-order valence-electron chi connectivity index (χ4n) is 3.55. The van der Waals surface area contributed by atoms with Gasteiger partial charge in [0.15, 0.2) is 17.3 Å². The van der Waals surface area contributed by atoms with E-state index < -0.39 is 17.6 Å². The molecular weight excluding hydrogens is 380 g/mol. The molecule has 4 rings (SSSR count). The quantitative estimate of drug-likeness (QED) is 0.680. The van der Waals surface area contributed by atoms with Crippen molar-refractivity contribution < 1.29 is 23.1 Å². The number of carbonyl (C=O) groups excluding carboxylic acids is 2. The van der Waals surface area contributed by atoms with Gasteiger partial charge in [-0.2, -0.15) is 5.10 Å². The molecule has 1 aromatic heterocycles. The van der Waals surface area contributed by atoms with Gasteiger partial charge in [-0.25, -0.2) is 13.5 Å². The lowest BCUT2D eigenvalue weighted by Crippen LogP contribution is -2.28. The van der Waals surface area contributed by atoms with Crippen molar-refractivity contribution in [2.45, 2.75) is 19.3 Å². The van der Waals surface area contributed by atoms with Crippen LogP contribution in [0.25, 0.3) is 5.69 Å². The average molecular weight is 397 g/mol. The molecular formula is C21H17F2N3O3. The van der Waals surface area contributed by atoms with Gasteiger partial charge in [0.2, 0.25) is 5.91 Å². The first-order valence-corrected chi connectivity index (χ1v) is 8.92. The molecule has 0 fully saturated rings. The van der Waals surface area contributed by atoms with E-state index in [-0.39, 0.29) is 29.4 Å². The Morgan fingerprint density at radius 1 is 1.21 bits per heavy atom. The summed E-state index contributed by atoms with van der Waals surface area (Å²) >= 11 is 0. The second kappa shape index (κ2) is 7.12. The zero-order chi connectivity index (χ0) is 20.7. The van der Waals surface area contributed by atoms with Gasteiger partial charge in [-0.15, -0.1) is 0 Å². The highest BCUT2D eigenvalue weighted by molar-refractivity contribution is 6.08. The zero-order valence-corrected chi connectivity index (χ0v) is 15.7. The molecule has 3 aromatic rings. The molecule has 0 saturated heterocycles. The van der Waals surface area contributed by atoms with Crippen molar-refractivity contribution in [3.63, 3.8) is 0 Å². The smallest absolute Gasteiger partial charge is 0.226 e. The maximum Gasteiger partial charge on any atom is 0.226 e. The topological polar surface area (TPSA) is 73.2 Å². The minimum Gasteiger partial charge on any atom is -0.494 e. The summed E-state index contributed by atoms with van der Waals surface area (Å²) in [4.78, 5) is 25.5. The molecule has 0 spiro atoms. The van der Waals surface area contributed by atoms with Crippen molar-refractivity contribution in [2.75, 3.05) is 12.4 Å². The van der Waals surface area contributed by atoms with Crippen LogP contribution in [0.5, 0.6) is 5.75 Å². The Morgan fingerprint density at radius 2 is 1.93 bits per heavy atom. The summed E-state index contributed by atoms with van der Waals surface area (Å²) in [7, 11) is 1.32. The predicted octanol–water partition coefficient (Wildman–Crippen LogP) is 3.78. The van der Waals surface area contributed by atoms with Gasteiger partial charge in [0, 0.05) is 17.5 Å². The number of carbonyl (C=O) groups is 2. The van der Waals surface area contributed by atoms with Gasteiger partial charge < -0.3 is 10.1 Å². The first kappa shape index (κ1) is 18.8. The Bertz CT molecular complexity index is 1120. The van der Waals surface area contributed by atoms with Crippen LogP contribution in [-0.2, 0) is 4.79 Å². The number of Topliss-reactive ketones (excluding diaryl/α,β-unsaturated/α-hetero) is 1. The standard InChI is InChI=1S/C21H17F2N3O3/c1-11-19-15(20(28)12-3-8-16(23)17(9-12)29-2)10-18(27)24-21(19)26(25-11)14-6-4-13(22)5-7-14/h3-9,15H,10H2,1-2H3,(H,24,27)/t15-/m0/s1. The number of halogens is 2. The van der Waals surface area contributed by atoms with E-state index >= 15 is 0 Å². The number of hydrogen-bond acceptors (Lipinski definition) is 4. The fourth-order valence-corrected chi connectivity index (χ4v) is 3.55. The molecule has 1 amide bonds. The van der Waals surface area contributed by atoms with Gasteiger partial charge in [0.25, 0.3) is 0 Å². The number of aryl methyl sites for hydroxylation is 1. The summed E-state index contributed by atoms with van der Waals surface area (Å²) in [5, 5.41) is 7.20. The average Bonchev–Trinajstić information content (AvgIpc) is 3.04. The number of hydrogen-bond donors (Lipinski definition) is 1. The minimum atomic E-state index is -0.775. The van der Waals surface area contributed by atoms with E-state index in [9.17, 15) is 18.4 Å². The first-order chi connectivity index (χ1) is 13.9. The van der Waals surface area contributed by atoms with Crippen LogP contribution < -0.4 is 10.1 Å². The molecule has 1 atom stereocenters. The summed E-state index contributed by atoms with van der Waals surface area (Å²) < 4.78 is 33.4. The van der Waals surface area contributed by atoms with Gasteiger partial charge in [-0.05, 0) is 49.4 Å². The van der Waals surface area contributed by atoms with E-state index in [1.807, 2.05) is 0 Å². The Morgan fingerprint density at radius 3 is 2.62 bits per heavy atom. The minimum absolute atomic E-state index is 0.0462. The molecule has 1 aliphatic rings. The number of benzene rings is 2. The number of ketones is 1. The van der Waals surface area contributed by atoms with E-state index in [0.717, 1.165) is 6.07 Å². The van der Waals surface area contributed by atoms with Crippen LogP contribution >= 0.6 is 0 Å². The van der Waals surface area contributed by atoms with Crippen LogP contribution in [0.1, 0.15) is 34.0 Å². The zero-order valence-electron chi connectivity index (χ0n) is 15.7. The number of nitrogens with zero attached hydrogens (tertiary/aromatic N) is 2. The summed E-state index contributed by atoms with van der Waals surface area (Å²) in [5.74, 6) is -2.09. The van der Waals surface area contributed by atoms with Gasteiger partial charge in [-0.1, -0.05) is 0 Å². The lowest BCUT2D eigenvalue weighted by atomic mass is 9.85. The van der Waals surface area contributed by atoms with Crippen molar-refractivity contribution in [2.24, 2.45) is 0 Å². The molecule has 6 nitrogen and oxygen atoms in total. The SMILES string of the molecule is COc1cc(C(=O)[C@H]2CC(=O)Nc3c2c(C)nn3-c2ccc(F)cc2)ccc1F. The highest BCUT2D eigenvalue weighted by Crippen LogP contribution is 2.38. The molecule has 29 heavy (non-hydrogen) atoms. The summed E-state index contributed by atoms with van der Waals surface area (Å²) in [6.07, 6.45) is -0.0541. The van der Waals surface area contributed by atoms with Gasteiger partial charge >= 0.3 is 0 Å². The number of rotatable bonds is 4. The molecule has 0 saturated carbocycles. The van der Waals surface area contributed by atoms with Gasteiger partial charge in [-0.3, -0.25) is 9.59 Å². The number of aromatic nitrogens is 2. The second-order valence-electron chi connectivity index (χ2n) is 6.75. The van der Waals surface area contributed by atoms with Crippen LogP contribution in [0.2, 0.25) is 0 Å². The summed E-state index contributed by atoms with van der Waals surface area (Å²) in [5.41, 5.74) is 1.94. The van der Waals surface area contributed by atoms with Crippen molar-refractivity contribution >= 4 is 17.5 Å². The molecule has 0 bridgehead atoms. The number of nitrogens with one attached hydrogen (secondary N) is 1. The highest BCUT2D eigenvalue weighted by atomic mass is 19.1. The molecule has 2 heterocycles. The molecule has 2 aromatic carbocycles. The maximum atomic E-state index is 13.7. The normalized spacial score (nSPS) is 15.6. The van der Waals surface area contributed by atoms with Crippen LogP contribution in [-0.4, -0.2) is 28.6 Å². The molecule has 0 aliphatic carbocycles. The Hall–Kier alpha value is -3.55. The van der Waals surface area contributed by atoms with Crippen LogP contribution in [0.3, 0.4) is 0 Å². The largest absolute Gasteiger partial charge is 0.494 e. The van der Waals surface area contributed by atoms with Crippen molar-refractivity contribution in [1.29, 1.82) is 0 Å². The van der Waals surface area contributed by atoms with Gasteiger partial charge in [0.05, 0.1) is 24.4 Å². The third-order valence-corrected chi connectivity index (χ3v) is 4.93.